The molecular weight excluding hydrogens is 476 g/mol. The second-order valence-electron chi connectivity index (χ2n) is 6.77. The minimum atomic E-state index is -0.480. The summed E-state index contributed by atoms with van der Waals surface area (Å²) in [5.74, 6) is 1.93. The molecule has 0 bridgehead atoms. The number of nitrogens with one attached hydrogen (secondary N) is 1. The summed E-state index contributed by atoms with van der Waals surface area (Å²) >= 11 is 4.96. The number of aromatic nitrogens is 3. The third-order valence-corrected chi connectivity index (χ3v) is 5.74. The highest BCUT2D eigenvalue weighted by Crippen LogP contribution is 2.41. The quantitative estimate of drug-likeness (QED) is 0.334. The van der Waals surface area contributed by atoms with Crippen molar-refractivity contribution in [1.82, 2.24) is 15.2 Å². The predicted octanol–water partition coefficient (Wildman–Crippen LogP) is 6.32. The van der Waals surface area contributed by atoms with Gasteiger partial charge in [-0.2, -0.15) is 4.98 Å². The summed E-state index contributed by atoms with van der Waals surface area (Å²) in [6, 6.07) is 23.4. The lowest BCUT2D eigenvalue weighted by molar-refractivity contribution is 0.225. The minimum Gasteiger partial charge on any atom is -0.457 e. The van der Waals surface area contributed by atoms with Crippen LogP contribution in [0, 0.1) is 0 Å². The van der Waals surface area contributed by atoms with E-state index >= 15 is 0 Å². The third kappa shape index (κ3) is 4.22. The summed E-state index contributed by atoms with van der Waals surface area (Å²) in [4.78, 5) is 4.57. The normalized spacial score (nSPS) is 14.5. The molecule has 31 heavy (non-hydrogen) atoms. The van der Waals surface area contributed by atoms with Crippen LogP contribution in [-0.4, -0.2) is 21.4 Å². The predicted molar refractivity (Wildman–Crippen MR) is 125 cm³/mol. The topological polar surface area (TPSA) is 69.2 Å². The van der Waals surface area contributed by atoms with Gasteiger partial charge in [-0.3, -0.25) is 0 Å². The maximum atomic E-state index is 6.30. The van der Waals surface area contributed by atoms with E-state index in [1.165, 1.54) is 11.8 Å². The zero-order chi connectivity index (χ0) is 21.2. The Labute approximate surface area is 192 Å². The van der Waals surface area contributed by atoms with Crippen molar-refractivity contribution in [1.29, 1.82) is 0 Å². The molecule has 1 aliphatic rings. The van der Waals surface area contributed by atoms with Crippen LogP contribution in [0.1, 0.15) is 11.8 Å². The molecule has 1 aromatic heterocycles. The van der Waals surface area contributed by atoms with Gasteiger partial charge in [0.25, 0.3) is 0 Å². The molecule has 0 saturated heterocycles. The molecule has 5 rings (SSSR count). The largest absolute Gasteiger partial charge is 0.457 e. The van der Waals surface area contributed by atoms with Gasteiger partial charge in [0.05, 0.1) is 0 Å². The van der Waals surface area contributed by atoms with Crippen LogP contribution in [0.5, 0.6) is 17.4 Å². The van der Waals surface area contributed by atoms with Crippen LogP contribution < -0.4 is 14.8 Å². The molecule has 1 aliphatic heterocycles. The molecule has 0 aliphatic carbocycles. The number of para-hydroxylation sites is 1. The van der Waals surface area contributed by atoms with E-state index in [2.05, 4.69) is 36.4 Å². The number of thioether (sulfide) groups is 1. The number of hydrogen-bond acceptors (Lipinski definition) is 7. The lowest BCUT2D eigenvalue weighted by Crippen LogP contribution is -2.17. The SMILES string of the molecule is CSc1nnc2c(n1)O[C@@H](c1cccc(Oc3ccccc3)c1)Nc1ccc(Br)cc1-2. The number of anilines is 1. The Morgan fingerprint density at radius 2 is 1.81 bits per heavy atom. The molecule has 0 radical (unpaired) electrons. The lowest BCUT2D eigenvalue weighted by Gasteiger charge is -2.20. The fourth-order valence-corrected chi connectivity index (χ4v) is 3.93. The van der Waals surface area contributed by atoms with E-state index in [0.29, 0.717) is 16.7 Å². The second kappa shape index (κ2) is 8.56. The van der Waals surface area contributed by atoms with E-state index in [9.17, 15) is 0 Å². The first kappa shape index (κ1) is 19.8. The molecule has 154 valence electrons. The van der Waals surface area contributed by atoms with Gasteiger partial charge in [-0.1, -0.05) is 58.0 Å². The van der Waals surface area contributed by atoms with Gasteiger partial charge >= 0.3 is 0 Å². The Bertz CT molecular complexity index is 1240. The van der Waals surface area contributed by atoms with Gasteiger partial charge in [0.2, 0.25) is 11.0 Å². The molecule has 0 saturated carbocycles. The van der Waals surface area contributed by atoms with Gasteiger partial charge in [0.1, 0.15) is 11.5 Å². The van der Waals surface area contributed by atoms with E-state index in [4.69, 9.17) is 9.47 Å². The fraction of sp³-hybridized carbons (Fsp3) is 0.0870. The standard InChI is InChI=1S/C23H17BrN4O2S/c1-31-23-26-22-20(27-28-23)18-13-15(24)10-11-19(18)25-21(30-22)14-6-5-9-17(12-14)29-16-7-3-2-4-8-16/h2-13,21,25H,1H3/t21-/m0/s1. The maximum Gasteiger partial charge on any atom is 0.247 e. The molecule has 6 nitrogen and oxygen atoms in total. The van der Waals surface area contributed by atoms with E-state index in [1.54, 1.807) is 0 Å². The Kier molecular flexibility index (Phi) is 5.48. The third-order valence-electron chi connectivity index (χ3n) is 4.71. The number of ether oxygens (including phenoxy) is 2. The van der Waals surface area contributed by atoms with Crippen molar-refractivity contribution in [3.05, 3.63) is 82.8 Å². The molecule has 0 fully saturated rings. The van der Waals surface area contributed by atoms with E-state index in [1.807, 2.05) is 79.1 Å². The second-order valence-corrected chi connectivity index (χ2v) is 8.46. The first-order valence-corrected chi connectivity index (χ1v) is 11.6. The number of nitrogens with zero attached hydrogens (tertiary/aromatic N) is 3. The minimum absolute atomic E-state index is 0.433. The van der Waals surface area contributed by atoms with Crippen LogP contribution in [0.15, 0.2) is 82.4 Å². The zero-order valence-electron chi connectivity index (χ0n) is 16.4. The number of halogens is 1. The number of fused-ring (bicyclic) bond motifs is 3. The van der Waals surface area contributed by atoms with Gasteiger partial charge in [-0.25, -0.2) is 0 Å². The number of benzene rings is 3. The van der Waals surface area contributed by atoms with Gasteiger partial charge in [0, 0.05) is 21.3 Å². The van der Waals surface area contributed by atoms with Crippen molar-refractivity contribution in [3.8, 4) is 28.6 Å². The van der Waals surface area contributed by atoms with Gasteiger partial charge in [-0.15, -0.1) is 10.2 Å². The summed E-state index contributed by atoms with van der Waals surface area (Å²) in [5, 5.41) is 12.6. The molecular formula is C23H17BrN4O2S. The van der Waals surface area contributed by atoms with Crippen molar-refractivity contribution in [2.24, 2.45) is 0 Å². The molecule has 1 atom stereocenters. The van der Waals surface area contributed by atoms with Crippen molar-refractivity contribution in [3.63, 3.8) is 0 Å². The van der Waals surface area contributed by atoms with E-state index in [0.717, 1.165) is 32.8 Å². The molecule has 1 N–H and O–H groups in total. The Balaban J connectivity index is 1.54. The van der Waals surface area contributed by atoms with Gasteiger partial charge < -0.3 is 14.8 Å². The average molecular weight is 493 g/mol. The molecule has 4 aromatic rings. The van der Waals surface area contributed by atoms with Gasteiger partial charge in [-0.05, 0) is 48.7 Å². The highest BCUT2D eigenvalue weighted by Gasteiger charge is 2.26. The molecule has 0 amide bonds. The Morgan fingerprint density at radius 1 is 0.968 bits per heavy atom. The van der Waals surface area contributed by atoms with Crippen molar-refractivity contribution >= 4 is 33.4 Å². The summed E-state index contributed by atoms with van der Waals surface area (Å²) in [5.41, 5.74) is 3.26. The number of hydrogen-bond donors (Lipinski definition) is 1. The monoisotopic (exact) mass is 492 g/mol. The Morgan fingerprint density at radius 3 is 2.65 bits per heavy atom. The highest BCUT2D eigenvalue weighted by atomic mass is 79.9. The Hall–Kier alpha value is -3.10. The first-order valence-electron chi connectivity index (χ1n) is 9.54. The molecule has 8 heteroatoms. The van der Waals surface area contributed by atoms with Crippen LogP contribution in [0.25, 0.3) is 11.3 Å². The highest BCUT2D eigenvalue weighted by molar-refractivity contribution is 9.10. The van der Waals surface area contributed by atoms with Crippen molar-refractivity contribution in [2.75, 3.05) is 11.6 Å². The maximum absolute atomic E-state index is 6.30. The van der Waals surface area contributed by atoms with Crippen LogP contribution in [-0.2, 0) is 0 Å². The van der Waals surface area contributed by atoms with Crippen LogP contribution in [0.3, 0.4) is 0 Å². The van der Waals surface area contributed by atoms with Crippen molar-refractivity contribution < 1.29 is 9.47 Å². The fourth-order valence-electron chi connectivity index (χ4n) is 3.27. The summed E-state index contributed by atoms with van der Waals surface area (Å²) in [7, 11) is 0. The average Bonchev–Trinajstić information content (AvgIpc) is 2.96. The molecule has 0 spiro atoms. The van der Waals surface area contributed by atoms with E-state index < -0.39 is 6.23 Å². The smallest absolute Gasteiger partial charge is 0.247 e. The lowest BCUT2D eigenvalue weighted by atomic mass is 10.1. The summed E-state index contributed by atoms with van der Waals surface area (Å²) < 4.78 is 13.2. The van der Waals surface area contributed by atoms with Gasteiger partial charge in [0.15, 0.2) is 11.9 Å². The first-order chi connectivity index (χ1) is 15.2. The molecule has 3 aromatic carbocycles. The van der Waals surface area contributed by atoms with Crippen LogP contribution in [0.2, 0.25) is 0 Å². The molecule has 0 unspecified atom stereocenters. The van der Waals surface area contributed by atoms with Crippen molar-refractivity contribution in [2.45, 2.75) is 11.4 Å². The zero-order valence-corrected chi connectivity index (χ0v) is 18.9. The molecule has 2 heterocycles. The summed E-state index contributed by atoms with van der Waals surface area (Å²) in [6.45, 7) is 0. The van der Waals surface area contributed by atoms with Crippen LogP contribution in [0.4, 0.5) is 5.69 Å². The van der Waals surface area contributed by atoms with Crippen LogP contribution >= 0.6 is 27.7 Å². The van der Waals surface area contributed by atoms with E-state index in [-0.39, 0.29) is 0 Å². The summed E-state index contributed by atoms with van der Waals surface area (Å²) in [6.07, 6.45) is 1.43. The number of rotatable bonds is 4.